The minimum absolute atomic E-state index is 0.836. The van der Waals surface area contributed by atoms with Crippen LogP contribution in [0, 0.1) is 17.8 Å². The largest absolute Gasteiger partial charge is 0.0625 e. The lowest BCUT2D eigenvalue weighted by Crippen LogP contribution is -2.15. The van der Waals surface area contributed by atoms with Crippen molar-refractivity contribution in [3.63, 3.8) is 0 Å². The molecule has 0 amide bonds. The second-order valence-electron chi connectivity index (χ2n) is 4.01. The molecule has 0 aromatic rings. The zero-order valence-corrected chi connectivity index (χ0v) is 7.48. The third kappa shape index (κ3) is 2.00. The van der Waals surface area contributed by atoms with Crippen LogP contribution in [0.15, 0.2) is 0 Å². The first-order valence-corrected chi connectivity index (χ1v) is 4.54. The van der Waals surface area contributed by atoms with Crippen molar-refractivity contribution in [2.24, 2.45) is 11.8 Å². The Bertz CT molecular complexity index is 94.2. The molecule has 0 bridgehead atoms. The average molecular weight is 139 g/mol. The van der Waals surface area contributed by atoms with Crippen molar-refractivity contribution in [2.75, 3.05) is 0 Å². The highest BCUT2D eigenvalue weighted by Crippen LogP contribution is 2.34. The zero-order valence-electron chi connectivity index (χ0n) is 7.48. The fourth-order valence-corrected chi connectivity index (χ4v) is 1.85. The Labute approximate surface area is 65.0 Å². The molecule has 0 heteroatoms. The van der Waals surface area contributed by atoms with Gasteiger partial charge in [-0.25, -0.2) is 0 Å². The van der Waals surface area contributed by atoms with Gasteiger partial charge < -0.3 is 0 Å². The van der Waals surface area contributed by atoms with Gasteiger partial charge in [0.15, 0.2) is 0 Å². The van der Waals surface area contributed by atoms with E-state index in [1.54, 1.807) is 5.92 Å². The van der Waals surface area contributed by atoms with E-state index in [2.05, 4.69) is 20.8 Å². The van der Waals surface area contributed by atoms with Crippen molar-refractivity contribution in [1.29, 1.82) is 0 Å². The Morgan fingerprint density at radius 1 is 1.40 bits per heavy atom. The van der Waals surface area contributed by atoms with E-state index >= 15 is 0 Å². The molecule has 1 radical (unpaired) electrons. The molecule has 0 saturated heterocycles. The smallest absolute Gasteiger partial charge is 0.0213 e. The van der Waals surface area contributed by atoms with E-state index in [1.165, 1.54) is 25.7 Å². The minimum atomic E-state index is 0.836. The summed E-state index contributed by atoms with van der Waals surface area (Å²) in [5.41, 5.74) is 0. The maximum atomic E-state index is 2.38. The molecule has 0 heterocycles. The third-order valence-corrected chi connectivity index (χ3v) is 2.62. The highest BCUT2D eigenvalue weighted by molar-refractivity contribution is 4.96. The Balaban J connectivity index is 2.32. The maximum absolute atomic E-state index is 2.38. The highest BCUT2D eigenvalue weighted by atomic mass is 14.3. The lowest BCUT2D eigenvalue weighted by Gasteiger charge is -2.28. The molecule has 0 aromatic carbocycles. The van der Waals surface area contributed by atoms with Crippen molar-refractivity contribution in [2.45, 2.75) is 46.5 Å². The lowest BCUT2D eigenvalue weighted by molar-refractivity contribution is 0.367. The van der Waals surface area contributed by atoms with Gasteiger partial charge in [0, 0.05) is 0 Å². The summed E-state index contributed by atoms with van der Waals surface area (Å²) in [6.45, 7) is 7.03. The molecule has 0 N–H and O–H groups in total. The monoisotopic (exact) mass is 139 g/mol. The van der Waals surface area contributed by atoms with E-state index in [0.29, 0.717) is 0 Å². The fraction of sp³-hybridized carbons (Fsp3) is 0.900. The van der Waals surface area contributed by atoms with Crippen LogP contribution >= 0.6 is 0 Å². The summed E-state index contributed by atoms with van der Waals surface area (Å²) < 4.78 is 0. The first kappa shape index (κ1) is 8.10. The van der Waals surface area contributed by atoms with Crippen molar-refractivity contribution in [1.82, 2.24) is 0 Å². The van der Waals surface area contributed by atoms with Crippen molar-refractivity contribution >= 4 is 0 Å². The van der Waals surface area contributed by atoms with Crippen LogP contribution in [0.3, 0.4) is 0 Å². The van der Waals surface area contributed by atoms with Gasteiger partial charge in [-0.2, -0.15) is 0 Å². The van der Waals surface area contributed by atoms with Gasteiger partial charge in [0.1, 0.15) is 0 Å². The van der Waals surface area contributed by atoms with Crippen LogP contribution in [0.5, 0.6) is 0 Å². The standard InChI is InChI=1S/C10H19/c1-8(2)10-6-4-5-9(3)7-10/h8-9H,4-7H2,1-3H3. The van der Waals surface area contributed by atoms with Crippen molar-refractivity contribution in [3.8, 4) is 0 Å². The summed E-state index contributed by atoms with van der Waals surface area (Å²) in [6.07, 6.45) is 5.70. The zero-order chi connectivity index (χ0) is 7.56. The summed E-state index contributed by atoms with van der Waals surface area (Å²) in [5, 5.41) is 0. The molecule has 1 aliphatic rings. The molecule has 0 spiro atoms. The summed E-state index contributed by atoms with van der Waals surface area (Å²) >= 11 is 0. The first-order chi connectivity index (χ1) is 4.70. The topological polar surface area (TPSA) is 0 Å². The van der Waals surface area contributed by atoms with E-state index in [4.69, 9.17) is 0 Å². The Hall–Kier alpha value is 0. The molecule has 0 aromatic heterocycles. The van der Waals surface area contributed by atoms with Crippen LogP contribution in [-0.2, 0) is 0 Å². The first-order valence-electron chi connectivity index (χ1n) is 4.54. The number of rotatable bonds is 1. The second kappa shape index (κ2) is 3.41. The number of hydrogen-bond donors (Lipinski definition) is 0. The molecule has 1 saturated carbocycles. The third-order valence-electron chi connectivity index (χ3n) is 2.62. The van der Waals surface area contributed by atoms with Crippen LogP contribution in [0.2, 0.25) is 0 Å². The van der Waals surface area contributed by atoms with Gasteiger partial charge in [-0.3, -0.25) is 0 Å². The summed E-state index contributed by atoms with van der Waals surface area (Å²) in [6, 6.07) is 0. The van der Waals surface area contributed by atoms with Gasteiger partial charge in [-0.1, -0.05) is 33.6 Å². The molecule has 1 rings (SSSR count). The SMILES string of the molecule is CC1CCC[C](C(C)C)C1. The van der Waals surface area contributed by atoms with Gasteiger partial charge in [0.05, 0.1) is 0 Å². The van der Waals surface area contributed by atoms with Crippen LogP contribution in [0.4, 0.5) is 0 Å². The predicted octanol–water partition coefficient (Wildman–Crippen LogP) is 3.43. The van der Waals surface area contributed by atoms with Gasteiger partial charge >= 0.3 is 0 Å². The van der Waals surface area contributed by atoms with Gasteiger partial charge in [-0.05, 0) is 30.6 Å². The highest BCUT2D eigenvalue weighted by Gasteiger charge is 2.21. The van der Waals surface area contributed by atoms with Crippen molar-refractivity contribution in [3.05, 3.63) is 5.92 Å². The molecular weight excluding hydrogens is 120 g/mol. The van der Waals surface area contributed by atoms with Crippen LogP contribution in [-0.4, -0.2) is 0 Å². The Kier molecular flexibility index (Phi) is 2.76. The molecular formula is C10H19. The fourth-order valence-electron chi connectivity index (χ4n) is 1.85. The van der Waals surface area contributed by atoms with Crippen LogP contribution in [0.25, 0.3) is 0 Å². The second-order valence-corrected chi connectivity index (χ2v) is 4.01. The van der Waals surface area contributed by atoms with E-state index in [-0.39, 0.29) is 0 Å². The van der Waals surface area contributed by atoms with E-state index in [9.17, 15) is 0 Å². The van der Waals surface area contributed by atoms with E-state index in [1.807, 2.05) is 0 Å². The van der Waals surface area contributed by atoms with Gasteiger partial charge in [0.2, 0.25) is 0 Å². The number of hydrogen-bond acceptors (Lipinski definition) is 0. The predicted molar refractivity (Wildman–Crippen MR) is 45.7 cm³/mol. The van der Waals surface area contributed by atoms with Crippen LogP contribution in [0.1, 0.15) is 46.5 Å². The van der Waals surface area contributed by atoms with Crippen LogP contribution < -0.4 is 0 Å². The molecule has 1 fully saturated rings. The summed E-state index contributed by atoms with van der Waals surface area (Å²) in [4.78, 5) is 0. The quantitative estimate of drug-likeness (QED) is 0.522. The minimum Gasteiger partial charge on any atom is -0.0625 e. The Morgan fingerprint density at radius 3 is 2.50 bits per heavy atom. The molecule has 59 valence electrons. The molecule has 1 aliphatic carbocycles. The lowest BCUT2D eigenvalue weighted by atomic mass is 9.77. The average Bonchev–Trinajstić information content (AvgIpc) is 1.88. The van der Waals surface area contributed by atoms with Gasteiger partial charge in [0.25, 0.3) is 0 Å². The molecule has 1 unspecified atom stereocenters. The van der Waals surface area contributed by atoms with E-state index in [0.717, 1.165) is 11.8 Å². The molecule has 0 nitrogen and oxygen atoms in total. The molecule has 1 atom stereocenters. The van der Waals surface area contributed by atoms with Crippen molar-refractivity contribution < 1.29 is 0 Å². The summed E-state index contributed by atoms with van der Waals surface area (Å²) in [7, 11) is 0. The maximum Gasteiger partial charge on any atom is -0.0213 e. The Morgan fingerprint density at radius 2 is 2.10 bits per heavy atom. The van der Waals surface area contributed by atoms with E-state index < -0.39 is 0 Å². The summed E-state index contributed by atoms with van der Waals surface area (Å²) in [5.74, 6) is 3.60. The molecule has 10 heavy (non-hydrogen) atoms. The molecule has 0 aliphatic heterocycles. The van der Waals surface area contributed by atoms with Gasteiger partial charge in [-0.15, -0.1) is 0 Å². The normalized spacial score (nSPS) is 29.4.